The van der Waals surface area contributed by atoms with E-state index in [-0.39, 0.29) is 0 Å². The molecular weight excluding hydrogens is 212 g/mol. The van der Waals surface area contributed by atoms with Gasteiger partial charge >= 0.3 is 0 Å². The Hall–Kier alpha value is -1.61. The Balaban J connectivity index is 1.61. The van der Waals surface area contributed by atoms with Crippen molar-refractivity contribution in [2.24, 2.45) is 0 Å². The predicted molar refractivity (Wildman–Crippen MR) is 67.7 cm³/mol. The summed E-state index contributed by atoms with van der Waals surface area (Å²) in [7, 11) is 0. The van der Waals surface area contributed by atoms with Crippen LogP contribution in [0.3, 0.4) is 0 Å². The van der Waals surface area contributed by atoms with Gasteiger partial charge in [-0.3, -0.25) is 4.68 Å². The van der Waals surface area contributed by atoms with Crippen molar-refractivity contribution in [2.45, 2.75) is 26.5 Å². The second-order valence-corrected chi connectivity index (χ2v) is 4.11. The minimum absolute atomic E-state index is 0.693. The third-order valence-electron chi connectivity index (χ3n) is 2.56. The molecule has 2 rings (SSSR count). The molecule has 0 aliphatic heterocycles. The quantitative estimate of drug-likeness (QED) is 0.713. The summed E-state index contributed by atoms with van der Waals surface area (Å²) in [5, 5.41) is 4.33. The molecule has 0 saturated heterocycles. The van der Waals surface area contributed by atoms with Gasteiger partial charge in [-0.25, -0.2) is 0 Å². The largest absolute Gasteiger partial charge is 0.377 e. The first-order valence-corrected chi connectivity index (χ1v) is 5.96. The summed E-state index contributed by atoms with van der Waals surface area (Å²) in [4.78, 5) is 0. The van der Waals surface area contributed by atoms with Gasteiger partial charge in [0.25, 0.3) is 0 Å². The number of aryl methyl sites for hydroxylation is 2. The highest BCUT2D eigenvalue weighted by atomic mass is 16.5. The second-order valence-electron chi connectivity index (χ2n) is 4.11. The highest BCUT2D eigenvalue weighted by Crippen LogP contribution is 2.01. The topological polar surface area (TPSA) is 27.1 Å². The van der Waals surface area contributed by atoms with Crippen LogP contribution in [0.2, 0.25) is 0 Å². The summed E-state index contributed by atoms with van der Waals surface area (Å²) in [5.74, 6) is 0. The van der Waals surface area contributed by atoms with Crippen LogP contribution in [0, 0.1) is 6.92 Å². The number of hydrogen-bond donors (Lipinski definition) is 0. The molecule has 1 aromatic carbocycles. The average molecular weight is 230 g/mol. The molecule has 0 bridgehead atoms. The van der Waals surface area contributed by atoms with Gasteiger partial charge in [0, 0.05) is 19.3 Å². The van der Waals surface area contributed by atoms with E-state index in [0.29, 0.717) is 6.61 Å². The summed E-state index contributed by atoms with van der Waals surface area (Å²) < 4.78 is 7.57. The van der Waals surface area contributed by atoms with E-state index < -0.39 is 0 Å². The zero-order valence-electron chi connectivity index (χ0n) is 10.2. The zero-order chi connectivity index (χ0) is 11.9. The van der Waals surface area contributed by atoms with Crippen LogP contribution in [0.25, 0.3) is 0 Å². The minimum Gasteiger partial charge on any atom is -0.377 e. The normalized spacial score (nSPS) is 10.6. The van der Waals surface area contributed by atoms with Crippen molar-refractivity contribution in [3.63, 3.8) is 0 Å². The standard InChI is InChI=1S/C14H18N2O/c1-13-8-10-16(15-13)9-5-11-17-12-14-6-3-2-4-7-14/h2-4,6-8,10H,5,9,11-12H2,1H3. The molecule has 0 atom stereocenters. The third-order valence-corrected chi connectivity index (χ3v) is 2.56. The Kier molecular flexibility index (Phi) is 4.33. The Morgan fingerprint density at radius 3 is 2.71 bits per heavy atom. The molecule has 90 valence electrons. The smallest absolute Gasteiger partial charge is 0.0716 e. The second kappa shape index (κ2) is 6.21. The number of rotatable bonds is 6. The molecule has 0 fully saturated rings. The van der Waals surface area contributed by atoms with Crippen molar-refractivity contribution in [2.75, 3.05) is 6.61 Å². The number of hydrogen-bond acceptors (Lipinski definition) is 2. The predicted octanol–water partition coefficient (Wildman–Crippen LogP) is 2.80. The number of nitrogens with zero attached hydrogens (tertiary/aromatic N) is 2. The molecule has 3 nitrogen and oxygen atoms in total. The first-order chi connectivity index (χ1) is 8.34. The van der Waals surface area contributed by atoms with Crippen LogP contribution in [0.1, 0.15) is 17.7 Å². The highest BCUT2D eigenvalue weighted by Gasteiger charge is 1.95. The van der Waals surface area contributed by atoms with Gasteiger partial charge in [0.15, 0.2) is 0 Å². The molecule has 0 N–H and O–H groups in total. The summed E-state index contributed by atoms with van der Waals surface area (Å²) in [5.41, 5.74) is 2.29. The molecule has 17 heavy (non-hydrogen) atoms. The van der Waals surface area contributed by atoms with Gasteiger partial charge in [-0.15, -0.1) is 0 Å². The molecular formula is C14H18N2O. The Labute approximate surface area is 102 Å². The van der Waals surface area contributed by atoms with E-state index >= 15 is 0 Å². The third kappa shape index (κ3) is 4.04. The van der Waals surface area contributed by atoms with Gasteiger partial charge in [0.1, 0.15) is 0 Å². The fourth-order valence-corrected chi connectivity index (χ4v) is 1.68. The monoisotopic (exact) mass is 230 g/mol. The van der Waals surface area contributed by atoms with Gasteiger partial charge in [0.2, 0.25) is 0 Å². The maximum absolute atomic E-state index is 5.61. The summed E-state index contributed by atoms with van der Waals surface area (Å²) in [6, 6.07) is 12.3. The van der Waals surface area contributed by atoms with Crippen molar-refractivity contribution < 1.29 is 4.74 Å². The maximum Gasteiger partial charge on any atom is 0.0716 e. The summed E-state index contributed by atoms with van der Waals surface area (Å²) in [6.07, 6.45) is 3.00. The van der Waals surface area contributed by atoms with E-state index in [1.165, 1.54) is 5.56 Å². The van der Waals surface area contributed by atoms with Crippen LogP contribution in [-0.4, -0.2) is 16.4 Å². The Morgan fingerprint density at radius 2 is 2.00 bits per heavy atom. The van der Waals surface area contributed by atoms with E-state index in [4.69, 9.17) is 4.74 Å². The van der Waals surface area contributed by atoms with Crippen LogP contribution >= 0.6 is 0 Å². The summed E-state index contributed by atoms with van der Waals surface area (Å²) >= 11 is 0. The molecule has 0 spiro atoms. The molecule has 1 heterocycles. The van der Waals surface area contributed by atoms with Gasteiger partial charge in [0.05, 0.1) is 12.3 Å². The highest BCUT2D eigenvalue weighted by molar-refractivity contribution is 5.13. The molecule has 0 radical (unpaired) electrons. The molecule has 3 heteroatoms. The van der Waals surface area contributed by atoms with Crippen molar-refractivity contribution >= 4 is 0 Å². The molecule has 0 amide bonds. The van der Waals surface area contributed by atoms with E-state index in [0.717, 1.165) is 25.3 Å². The van der Waals surface area contributed by atoms with Crippen LogP contribution in [0.15, 0.2) is 42.6 Å². The van der Waals surface area contributed by atoms with E-state index in [1.54, 1.807) is 0 Å². The van der Waals surface area contributed by atoms with Crippen molar-refractivity contribution in [1.82, 2.24) is 9.78 Å². The van der Waals surface area contributed by atoms with Gasteiger partial charge in [-0.1, -0.05) is 30.3 Å². The van der Waals surface area contributed by atoms with Gasteiger partial charge in [-0.05, 0) is 25.0 Å². The van der Waals surface area contributed by atoms with Gasteiger partial charge < -0.3 is 4.74 Å². The Bertz CT molecular complexity index is 436. The fourth-order valence-electron chi connectivity index (χ4n) is 1.68. The number of ether oxygens (including phenoxy) is 1. The fraction of sp³-hybridized carbons (Fsp3) is 0.357. The first kappa shape index (κ1) is 11.9. The number of benzene rings is 1. The van der Waals surface area contributed by atoms with E-state index in [1.807, 2.05) is 42.1 Å². The SMILES string of the molecule is Cc1ccn(CCCOCc2ccccc2)n1. The van der Waals surface area contributed by atoms with Crippen molar-refractivity contribution in [3.8, 4) is 0 Å². The van der Waals surface area contributed by atoms with Crippen molar-refractivity contribution in [3.05, 3.63) is 53.9 Å². The van der Waals surface area contributed by atoms with Crippen LogP contribution < -0.4 is 0 Å². The minimum atomic E-state index is 0.693. The lowest BCUT2D eigenvalue weighted by atomic mass is 10.2. The molecule has 0 aliphatic rings. The lowest BCUT2D eigenvalue weighted by Crippen LogP contribution is -2.03. The van der Waals surface area contributed by atoms with Crippen LogP contribution in [0.4, 0.5) is 0 Å². The Morgan fingerprint density at radius 1 is 1.18 bits per heavy atom. The average Bonchev–Trinajstić information content (AvgIpc) is 2.76. The number of aromatic nitrogens is 2. The molecule has 0 saturated carbocycles. The molecule has 0 unspecified atom stereocenters. The molecule has 0 aliphatic carbocycles. The van der Waals surface area contributed by atoms with Crippen LogP contribution in [-0.2, 0) is 17.9 Å². The van der Waals surface area contributed by atoms with E-state index in [9.17, 15) is 0 Å². The first-order valence-electron chi connectivity index (χ1n) is 5.96. The van der Waals surface area contributed by atoms with Crippen LogP contribution in [0.5, 0.6) is 0 Å². The summed E-state index contributed by atoms with van der Waals surface area (Å²) in [6.45, 7) is 4.39. The zero-order valence-corrected chi connectivity index (χ0v) is 10.2. The lowest BCUT2D eigenvalue weighted by molar-refractivity contribution is 0.115. The maximum atomic E-state index is 5.61. The molecule has 1 aromatic heterocycles. The van der Waals surface area contributed by atoms with Crippen molar-refractivity contribution in [1.29, 1.82) is 0 Å². The lowest BCUT2D eigenvalue weighted by Gasteiger charge is -2.04. The van der Waals surface area contributed by atoms with E-state index in [2.05, 4.69) is 17.2 Å². The van der Waals surface area contributed by atoms with Gasteiger partial charge in [-0.2, -0.15) is 5.10 Å². The molecule has 2 aromatic rings.